The number of H-pyrrole nitrogens is 1. The topological polar surface area (TPSA) is 15.8 Å². The van der Waals surface area contributed by atoms with Gasteiger partial charge in [-0.15, -0.1) is 0 Å². The first-order valence-corrected chi connectivity index (χ1v) is 6.68. The predicted molar refractivity (Wildman–Crippen MR) is 84.1 cm³/mol. The molecule has 1 nitrogen and oxygen atoms in total. The fraction of sp³-hybridized carbons (Fsp3) is 0. The van der Waals surface area contributed by atoms with Gasteiger partial charge in [-0.2, -0.15) is 0 Å². The Kier molecular flexibility index (Phi) is 2.20. The lowest BCUT2D eigenvalue weighted by Gasteiger charge is -2.07. The number of benzene rings is 3. The van der Waals surface area contributed by atoms with E-state index in [1.807, 2.05) is 6.07 Å². The molecule has 90 valence electrons. The summed E-state index contributed by atoms with van der Waals surface area (Å²) in [6.07, 6.45) is 0. The second-order valence-electron chi connectivity index (χ2n) is 4.71. The maximum atomic E-state index is 5.49. The fourth-order valence-electron chi connectivity index (χ4n) is 2.73. The first kappa shape index (κ1) is 10.7. The van der Waals surface area contributed by atoms with Crippen LogP contribution in [0.15, 0.2) is 60.7 Å². The summed E-state index contributed by atoms with van der Waals surface area (Å²) in [5, 5.41) is 6.00. The minimum atomic E-state index is 0.805. The van der Waals surface area contributed by atoms with Crippen LogP contribution in [0.25, 0.3) is 32.4 Å². The number of pyridine rings is 1. The molecule has 3 aromatic carbocycles. The van der Waals surface area contributed by atoms with Crippen LogP contribution in [-0.4, -0.2) is 4.98 Å². The molecule has 0 aliphatic carbocycles. The Morgan fingerprint density at radius 2 is 1.32 bits per heavy atom. The van der Waals surface area contributed by atoms with Gasteiger partial charge < -0.3 is 4.98 Å². The number of nitrogens with one attached hydrogen (secondary N) is 1. The normalized spacial score (nSPS) is 11.4. The minimum Gasteiger partial charge on any atom is -0.345 e. The smallest absolute Gasteiger partial charge is 0.111 e. The lowest BCUT2D eigenvalue weighted by Crippen LogP contribution is -1.86. The highest BCUT2D eigenvalue weighted by molar-refractivity contribution is 7.71. The second-order valence-corrected chi connectivity index (χ2v) is 5.12. The monoisotopic (exact) mass is 261 g/mol. The Hall–Kier alpha value is -2.19. The van der Waals surface area contributed by atoms with E-state index >= 15 is 0 Å². The van der Waals surface area contributed by atoms with Gasteiger partial charge in [-0.25, -0.2) is 0 Å². The van der Waals surface area contributed by atoms with Crippen molar-refractivity contribution in [3.8, 4) is 0 Å². The third-order valence-corrected chi connectivity index (χ3v) is 3.95. The van der Waals surface area contributed by atoms with Crippen molar-refractivity contribution >= 4 is 44.7 Å². The molecule has 4 rings (SSSR count). The zero-order chi connectivity index (χ0) is 12.8. The quantitative estimate of drug-likeness (QED) is 0.339. The predicted octanol–water partition coefficient (Wildman–Crippen LogP) is 5.20. The SMILES string of the molecule is S=c1[nH]c2c3ccccc3ccc2c2ccccc12. The van der Waals surface area contributed by atoms with Crippen molar-refractivity contribution < 1.29 is 0 Å². The molecule has 0 amide bonds. The molecule has 0 atom stereocenters. The van der Waals surface area contributed by atoms with Gasteiger partial charge in [-0.3, -0.25) is 0 Å². The molecule has 0 aliphatic heterocycles. The molecule has 0 saturated carbocycles. The lowest BCUT2D eigenvalue weighted by molar-refractivity contribution is 1.42. The summed E-state index contributed by atoms with van der Waals surface area (Å²) < 4.78 is 0.805. The Morgan fingerprint density at radius 1 is 0.632 bits per heavy atom. The molecule has 0 fully saturated rings. The first-order valence-electron chi connectivity index (χ1n) is 6.27. The molecule has 0 aliphatic rings. The lowest BCUT2D eigenvalue weighted by atomic mass is 10.0. The van der Waals surface area contributed by atoms with Crippen molar-refractivity contribution in [1.82, 2.24) is 4.98 Å². The van der Waals surface area contributed by atoms with Crippen LogP contribution in [0.2, 0.25) is 0 Å². The minimum absolute atomic E-state index is 0.805. The highest BCUT2D eigenvalue weighted by Gasteiger charge is 2.05. The third-order valence-electron chi connectivity index (χ3n) is 3.63. The number of fused-ring (bicyclic) bond motifs is 5. The van der Waals surface area contributed by atoms with Gasteiger partial charge in [0.05, 0.1) is 5.52 Å². The van der Waals surface area contributed by atoms with E-state index in [0.29, 0.717) is 0 Å². The zero-order valence-electron chi connectivity index (χ0n) is 10.2. The maximum Gasteiger partial charge on any atom is 0.111 e. The Labute approximate surface area is 115 Å². The van der Waals surface area contributed by atoms with Crippen molar-refractivity contribution in [2.75, 3.05) is 0 Å². The summed E-state index contributed by atoms with van der Waals surface area (Å²) in [7, 11) is 0. The number of rotatable bonds is 0. The van der Waals surface area contributed by atoms with Gasteiger partial charge in [-0.05, 0) is 10.8 Å². The Balaban J connectivity index is 2.37. The van der Waals surface area contributed by atoms with Gasteiger partial charge in [0.1, 0.15) is 4.64 Å². The van der Waals surface area contributed by atoms with Crippen LogP contribution >= 0.6 is 12.2 Å². The average Bonchev–Trinajstić information content (AvgIpc) is 2.47. The molecule has 19 heavy (non-hydrogen) atoms. The summed E-state index contributed by atoms with van der Waals surface area (Å²) >= 11 is 5.49. The molecule has 2 heteroatoms. The molecule has 1 aromatic heterocycles. The molecule has 0 spiro atoms. The molecule has 1 heterocycles. The number of aromatic amines is 1. The van der Waals surface area contributed by atoms with Gasteiger partial charge in [0.15, 0.2) is 0 Å². The number of hydrogen-bond donors (Lipinski definition) is 1. The summed E-state index contributed by atoms with van der Waals surface area (Å²) in [5.74, 6) is 0. The van der Waals surface area contributed by atoms with Crippen LogP contribution < -0.4 is 0 Å². The van der Waals surface area contributed by atoms with Gasteiger partial charge in [-0.1, -0.05) is 72.9 Å². The molecule has 0 unspecified atom stereocenters. The Morgan fingerprint density at radius 3 is 2.16 bits per heavy atom. The van der Waals surface area contributed by atoms with E-state index < -0.39 is 0 Å². The molecule has 0 saturated heterocycles. The molecule has 1 N–H and O–H groups in total. The van der Waals surface area contributed by atoms with Crippen molar-refractivity contribution in [2.24, 2.45) is 0 Å². The van der Waals surface area contributed by atoms with E-state index in [4.69, 9.17) is 12.2 Å². The van der Waals surface area contributed by atoms with Gasteiger partial charge in [0, 0.05) is 16.2 Å². The van der Waals surface area contributed by atoms with E-state index in [1.54, 1.807) is 0 Å². The summed E-state index contributed by atoms with van der Waals surface area (Å²) in [5.41, 5.74) is 1.13. The summed E-state index contributed by atoms with van der Waals surface area (Å²) in [4.78, 5) is 3.39. The molecule has 4 aromatic rings. The second kappa shape index (κ2) is 3.90. The number of hydrogen-bond acceptors (Lipinski definition) is 1. The van der Waals surface area contributed by atoms with Gasteiger partial charge >= 0.3 is 0 Å². The van der Waals surface area contributed by atoms with E-state index in [9.17, 15) is 0 Å². The van der Waals surface area contributed by atoms with Crippen LogP contribution in [0.3, 0.4) is 0 Å². The van der Waals surface area contributed by atoms with E-state index in [0.717, 1.165) is 15.5 Å². The average molecular weight is 261 g/mol. The highest BCUT2D eigenvalue weighted by atomic mass is 32.1. The summed E-state index contributed by atoms with van der Waals surface area (Å²) in [6.45, 7) is 0. The van der Waals surface area contributed by atoms with Crippen LogP contribution in [0.4, 0.5) is 0 Å². The third kappa shape index (κ3) is 1.50. The highest BCUT2D eigenvalue weighted by Crippen LogP contribution is 2.29. The first-order chi connectivity index (χ1) is 9.34. The maximum absolute atomic E-state index is 5.49. The largest absolute Gasteiger partial charge is 0.345 e. The number of aromatic nitrogens is 1. The van der Waals surface area contributed by atoms with E-state index in [2.05, 4.69) is 59.6 Å². The van der Waals surface area contributed by atoms with Crippen LogP contribution in [0, 0.1) is 4.64 Å². The van der Waals surface area contributed by atoms with Crippen molar-refractivity contribution in [3.05, 3.63) is 65.3 Å². The van der Waals surface area contributed by atoms with Crippen molar-refractivity contribution in [2.45, 2.75) is 0 Å². The molecular weight excluding hydrogens is 250 g/mol. The van der Waals surface area contributed by atoms with Gasteiger partial charge in [0.25, 0.3) is 0 Å². The molecule has 0 bridgehead atoms. The molecular formula is C17H11NS. The van der Waals surface area contributed by atoms with Crippen LogP contribution in [0.5, 0.6) is 0 Å². The van der Waals surface area contributed by atoms with Gasteiger partial charge in [0.2, 0.25) is 0 Å². The van der Waals surface area contributed by atoms with E-state index in [1.165, 1.54) is 21.5 Å². The fourth-order valence-corrected chi connectivity index (χ4v) is 3.01. The van der Waals surface area contributed by atoms with Crippen LogP contribution in [-0.2, 0) is 0 Å². The summed E-state index contributed by atoms with van der Waals surface area (Å²) in [6, 6.07) is 21.0. The standard InChI is InChI=1S/C17H11NS/c19-17-15-8-4-3-7-13(15)14-10-9-11-5-1-2-6-12(11)16(14)18-17/h1-10H,(H,18,19). The van der Waals surface area contributed by atoms with Crippen LogP contribution in [0.1, 0.15) is 0 Å². The Bertz CT molecular complexity index is 982. The molecule has 0 radical (unpaired) electrons. The van der Waals surface area contributed by atoms with E-state index in [-0.39, 0.29) is 0 Å². The van der Waals surface area contributed by atoms with Crippen molar-refractivity contribution in [1.29, 1.82) is 0 Å². The van der Waals surface area contributed by atoms with Crippen molar-refractivity contribution in [3.63, 3.8) is 0 Å². The zero-order valence-corrected chi connectivity index (χ0v) is 11.0.